The van der Waals surface area contributed by atoms with Crippen LogP contribution in [0.15, 0.2) is 97.2 Å². The Balaban J connectivity index is 1.24. The van der Waals surface area contributed by atoms with Gasteiger partial charge in [-0.25, -0.2) is 0 Å². The number of fused-ring (bicyclic) bond motifs is 6. The van der Waals surface area contributed by atoms with Crippen LogP contribution < -0.4 is 80.6 Å². The van der Waals surface area contributed by atoms with Gasteiger partial charge >= 0.3 is 0 Å². The number of benzene rings is 4. The highest BCUT2D eigenvalue weighted by Crippen LogP contribution is 2.24. The van der Waals surface area contributed by atoms with E-state index in [2.05, 4.69) is 74.1 Å². The predicted molar refractivity (Wildman–Crippen MR) is 382 cm³/mol. The summed E-state index contributed by atoms with van der Waals surface area (Å²) in [7, 11) is 0. The van der Waals surface area contributed by atoms with Crippen LogP contribution in [-0.4, -0.2) is 191 Å². The molecule has 0 unspecified atom stereocenters. The second kappa shape index (κ2) is 37.1. The first-order valence-electron chi connectivity index (χ1n) is 34.6. The van der Waals surface area contributed by atoms with Gasteiger partial charge in [-0.05, 0) is 103 Å². The number of halogens is 1. The normalized spacial score (nSPS) is 24.6. The fourth-order valence-electron chi connectivity index (χ4n) is 12.6. The predicted octanol–water partition coefficient (Wildman–Crippen LogP) is -1.50. The number of carbonyl (C=O) groups excluding carboxylic acids is 14. The van der Waals surface area contributed by atoms with Crippen LogP contribution in [0.4, 0.5) is 0 Å². The Bertz CT molecular complexity index is 4040. The molecule has 556 valence electrons. The van der Waals surface area contributed by atoms with Crippen LogP contribution >= 0.6 is 11.6 Å². The van der Waals surface area contributed by atoms with Gasteiger partial charge in [0.25, 0.3) is 0 Å². The van der Waals surface area contributed by atoms with E-state index < -0.39 is 182 Å². The minimum absolute atomic E-state index is 0.0162. The highest BCUT2D eigenvalue weighted by atomic mass is 35.5. The van der Waals surface area contributed by atoms with Gasteiger partial charge in [0.2, 0.25) is 82.7 Å². The minimum Gasteiger partial charge on any atom is -0.370 e. The van der Waals surface area contributed by atoms with Crippen LogP contribution in [0.3, 0.4) is 0 Å². The maximum absolute atomic E-state index is 15.4. The molecule has 33 heteroatoms. The fourth-order valence-corrected chi connectivity index (χ4v) is 12.7. The summed E-state index contributed by atoms with van der Waals surface area (Å²) in [4.78, 5) is 207. The molecule has 0 radical (unpaired) electrons. The Labute approximate surface area is 604 Å². The number of H-pyrrole nitrogens is 1. The summed E-state index contributed by atoms with van der Waals surface area (Å²) in [5.41, 5.74) is 13.5. The maximum atomic E-state index is 15.4. The number of guanidine groups is 1. The number of para-hydroxylation sites is 1. The molecular formula is C71H91ClN18O14. The number of aromatic nitrogens is 1. The first-order chi connectivity index (χ1) is 49.6. The van der Waals surface area contributed by atoms with Crippen LogP contribution in [0.2, 0.25) is 5.02 Å². The van der Waals surface area contributed by atoms with Crippen LogP contribution in [0, 0.1) is 11.3 Å². The summed E-state index contributed by atoms with van der Waals surface area (Å²) in [5, 5.41) is 44.5. The fraction of sp³-hybridized carbons (Fsp3) is 0.451. The Morgan fingerprint density at radius 3 is 1.92 bits per heavy atom. The van der Waals surface area contributed by atoms with E-state index in [-0.39, 0.29) is 76.3 Å². The molecule has 4 heterocycles. The van der Waals surface area contributed by atoms with Crippen molar-refractivity contribution in [1.29, 1.82) is 5.41 Å². The number of amides is 14. The number of primary amides is 1. The second-order valence-corrected chi connectivity index (χ2v) is 27.1. The van der Waals surface area contributed by atoms with E-state index in [4.69, 9.17) is 28.5 Å². The van der Waals surface area contributed by atoms with Gasteiger partial charge in [-0.15, -0.1) is 0 Å². The SMILES string of the molecule is CC(=O)N[C@@H]1CCC(=O)N[C@@H](C)C(=O)NCC[C@H]2NC(=O)[C@@H](CC(=O)NC[C@H](C(N)=O)NC(=O)[C@H]3CCCN3C(=O)[C@H](CCCNC(=N)N)NC(=O)[C@@H](CC(C)C)NC(=O)[C@@H](Cc3ccc4ccccc4c3)NC2=O)NC(=O)[C@@H](Cc2c[nH]c3ccccc23)NC(=O)[C@H](Cc2ccc(Cl)cc2)NC1=O. The van der Waals surface area contributed by atoms with Crippen molar-refractivity contribution in [2.45, 2.75) is 171 Å². The van der Waals surface area contributed by atoms with Crippen molar-refractivity contribution in [2.24, 2.45) is 17.4 Å². The van der Waals surface area contributed by atoms with Crippen molar-refractivity contribution in [1.82, 2.24) is 79.0 Å². The topological polar surface area (TPSA) is 490 Å². The van der Waals surface area contributed by atoms with E-state index >= 15 is 24.0 Å². The lowest BCUT2D eigenvalue weighted by Crippen LogP contribution is -2.61. The van der Waals surface area contributed by atoms with Crippen LogP contribution in [0.5, 0.6) is 0 Å². The number of carbonyl (C=O) groups is 14. The van der Waals surface area contributed by atoms with Gasteiger partial charge in [0.15, 0.2) is 5.96 Å². The average Bonchev–Trinajstić information content (AvgIpc) is 1.54. The van der Waals surface area contributed by atoms with E-state index in [0.717, 1.165) is 17.7 Å². The summed E-state index contributed by atoms with van der Waals surface area (Å²) < 4.78 is 0. The Morgan fingerprint density at radius 2 is 1.22 bits per heavy atom. The molecule has 104 heavy (non-hydrogen) atoms. The smallest absolute Gasteiger partial charge is 0.245 e. The van der Waals surface area contributed by atoms with Gasteiger partial charge < -0.3 is 90.5 Å². The van der Waals surface area contributed by atoms with Gasteiger partial charge in [-0.1, -0.05) is 98.2 Å². The van der Waals surface area contributed by atoms with E-state index in [9.17, 15) is 43.2 Å². The summed E-state index contributed by atoms with van der Waals surface area (Å²) in [6.45, 7) is 4.97. The van der Waals surface area contributed by atoms with E-state index in [1.54, 1.807) is 80.7 Å². The van der Waals surface area contributed by atoms with Gasteiger partial charge in [-0.2, -0.15) is 0 Å². The van der Waals surface area contributed by atoms with Crippen molar-refractivity contribution in [3.63, 3.8) is 0 Å². The first kappa shape index (κ1) is 78.5. The molecule has 11 atom stereocenters. The molecule has 0 spiro atoms. The lowest BCUT2D eigenvalue weighted by Gasteiger charge is -2.31. The molecule has 19 N–H and O–H groups in total. The van der Waals surface area contributed by atoms with Gasteiger partial charge in [-0.3, -0.25) is 72.5 Å². The quantitative estimate of drug-likeness (QED) is 0.0342. The number of hydrogen-bond acceptors (Lipinski definition) is 15. The maximum Gasteiger partial charge on any atom is 0.245 e. The molecule has 0 aliphatic carbocycles. The third-order valence-electron chi connectivity index (χ3n) is 18.1. The van der Waals surface area contributed by atoms with Crippen LogP contribution in [-0.2, 0) is 86.4 Å². The molecule has 1 aromatic heterocycles. The van der Waals surface area contributed by atoms with E-state index in [1.165, 1.54) is 24.0 Å². The van der Waals surface area contributed by atoms with Crippen LogP contribution in [0.25, 0.3) is 21.7 Å². The molecule has 2 bridgehead atoms. The molecule has 14 amide bonds. The largest absolute Gasteiger partial charge is 0.370 e. The number of nitrogens with one attached hydrogen (secondary N) is 15. The highest BCUT2D eigenvalue weighted by Gasteiger charge is 2.41. The Morgan fingerprint density at radius 1 is 0.615 bits per heavy atom. The molecule has 3 aliphatic rings. The third kappa shape index (κ3) is 22.7. The monoisotopic (exact) mass is 1450 g/mol. The van der Waals surface area contributed by atoms with Gasteiger partial charge in [0, 0.05) is 80.9 Å². The number of nitrogens with two attached hydrogens (primary N) is 2. The molecule has 32 nitrogen and oxygen atoms in total. The molecule has 8 rings (SSSR count). The molecule has 3 aliphatic heterocycles. The standard InChI is InChI=1S/C71H91ClN18O14/c1-37(2)29-51-64(98)83-50(15-9-26-77-71(74)75)70(104)90-28-10-16-57(90)69(103)89-56(60(73)94)36-79-59(93)34-55-68(102)82-49(63(97)86-53(66(100)84-51)32-41-17-20-42-11-5-6-12-43(42)30-41)25-27-76-61(95)38(3)80-58(92)24-23-48(81-39(4)91)62(96)85-52(31-40-18-21-45(72)22-19-40)65(99)87-54(67(101)88-55)33-44-35-78-47-14-8-7-13-46(44)47/h5-8,11-14,17-22,30,35,37-38,48-57,78H,9-10,15-16,23-29,31-34,36H2,1-4H3,(H2,73,94)(H,76,95)(H,79,93)(H,80,92)(H,81,91)(H,82,102)(H,83,98)(H,84,100)(H,85,96)(H,86,97)(H,87,99)(H,88,101)(H,89,103)(H4,74,75,77)/t38-,48+,49+,50-,51+,52-,53+,54+,55+,56+,57+/m0/s1. The third-order valence-corrected chi connectivity index (χ3v) is 18.3. The van der Waals surface area contributed by atoms with Crippen molar-refractivity contribution in [2.75, 3.05) is 26.2 Å². The van der Waals surface area contributed by atoms with Crippen molar-refractivity contribution in [3.8, 4) is 0 Å². The zero-order valence-corrected chi connectivity index (χ0v) is 58.9. The van der Waals surface area contributed by atoms with Gasteiger partial charge in [0.05, 0.1) is 6.42 Å². The zero-order chi connectivity index (χ0) is 75.3. The van der Waals surface area contributed by atoms with Crippen molar-refractivity contribution in [3.05, 3.63) is 119 Å². The number of hydrogen-bond donors (Lipinski definition) is 17. The summed E-state index contributed by atoms with van der Waals surface area (Å²) in [6.07, 6.45) is -1.11. The summed E-state index contributed by atoms with van der Waals surface area (Å²) >= 11 is 6.25. The minimum atomic E-state index is -2.04. The van der Waals surface area contributed by atoms with E-state index in [1.807, 2.05) is 18.2 Å². The Hall–Kier alpha value is -11.2. The molecule has 0 saturated carbocycles. The van der Waals surface area contributed by atoms with Crippen LogP contribution in [0.1, 0.15) is 102 Å². The Kier molecular flexibility index (Phi) is 28.0. The van der Waals surface area contributed by atoms with Crippen molar-refractivity contribution >= 4 is 122 Å². The lowest BCUT2D eigenvalue weighted by atomic mass is 9.98. The number of rotatable bonds is 14. The summed E-state index contributed by atoms with van der Waals surface area (Å²) in [6, 6.07) is 8.79. The molecule has 3 saturated heterocycles. The molecule has 4 aromatic carbocycles. The number of aromatic amines is 1. The lowest BCUT2D eigenvalue weighted by molar-refractivity contribution is -0.142. The molecular weight excluding hydrogens is 1360 g/mol. The molecule has 3 fully saturated rings. The summed E-state index contributed by atoms with van der Waals surface area (Å²) in [5.74, 6) is -13.7. The second-order valence-electron chi connectivity index (χ2n) is 26.6. The number of nitrogens with zero attached hydrogens (tertiary/aromatic N) is 1. The molecule has 5 aromatic rings. The highest BCUT2D eigenvalue weighted by molar-refractivity contribution is 6.30. The average molecular weight is 1460 g/mol. The first-order valence-corrected chi connectivity index (χ1v) is 35.0. The van der Waals surface area contributed by atoms with Crippen molar-refractivity contribution < 1.29 is 67.1 Å². The zero-order valence-electron chi connectivity index (χ0n) is 58.2. The van der Waals surface area contributed by atoms with Gasteiger partial charge in [0.1, 0.15) is 66.5 Å². The van der Waals surface area contributed by atoms with E-state index in [0.29, 0.717) is 39.0 Å².